The first-order valence-corrected chi connectivity index (χ1v) is 7.87. The smallest absolute Gasteiger partial charge is 0.251 e. The Morgan fingerprint density at radius 1 is 1.21 bits per heavy atom. The van der Waals surface area contributed by atoms with Gasteiger partial charge in [-0.2, -0.15) is 5.26 Å². The molecular formula is C19H17N3O2. The molecule has 1 aliphatic heterocycles. The first kappa shape index (κ1) is 15.8. The molecular weight excluding hydrogens is 302 g/mol. The first-order chi connectivity index (χ1) is 11.7. The van der Waals surface area contributed by atoms with Gasteiger partial charge in [0.2, 0.25) is 5.91 Å². The second kappa shape index (κ2) is 6.97. The summed E-state index contributed by atoms with van der Waals surface area (Å²) in [5.74, 6) is -0.422. The van der Waals surface area contributed by atoms with E-state index in [1.165, 1.54) is 0 Å². The number of hydrogen-bond acceptors (Lipinski definition) is 3. The van der Waals surface area contributed by atoms with Crippen molar-refractivity contribution in [1.29, 1.82) is 5.26 Å². The summed E-state index contributed by atoms with van der Waals surface area (Å²) in [7, 11) is 0. The van der Waals surface area contributed by atoms with E-state index in [0.29, 0.717) is 24.1 Å². The molecule has 120 valence electrons. The summed E-state index contributed by atoms with van der Waals surface area (Å²) in [6, 6.07) is 16.0. The Morgan fingerprint density at radius 3 is 2.83 bits per heavy atom. The van der Waals surface area contributed by atoms with Crippen molar-refractivity contribution in [1.82, 2.24) is 10.6 Å². The van der Waals surface area contributed by atoms with E-state index in [2.05, 4.69) is 16.7 Å². The minimum Gasteiger partial charge on any atom is -0.354 e. The van der Waals surface area contributed by atoms with Crippen LogP contribution in [0.5, 0.6) is 0 Å². The van der Waals surface area contributed by atoms with Crippen molar-refractivity contribution in [2.45, 2.75) is 18.9 Å². The lowest BCUT2D eigenvalue weighted by Crippen LogP contribution is -2.50. The summed E-state index contributed by atoms with van der Waals surface area (Å²) in [6.07, 6.45) is 1.50. The SMILES string of the molecule is N#Cc1ccccc1-c1cccc(C(=O)NC2CCCNC2=O)c1. The number of carbonyl (C=O) groups is 2. The Morgan fingerprint density at radius 2 is 2.04 bits per heavy atom. The Balaban J connectivity index is 1.84. The number of amides is 2. The van der Waals surface area contributed by atoms with Gasteiger partial charge in [-0.05, 0) is 42.2 Å². The first-order valence-electron chi connectivity index (χ1n) is 7.87. The van der Waals surface area contributed by atoms with Gasteiger partial charge in [0.1, 0.15) is 6.04 Å². The summed E-state index contributed by atoms with van der Waals surface area (Å²) in [5.41, 5.74) is 2.61. The second-order valence-corrected chi connectivity index (χ2v) is 5.70. The summed E-state index contributed by atoms with van der Waals surface area (Å²) >= 11 is 0. The van der Waals surface area contributed by atoms with E-state index in [4.69, 9.17) is 0 Å². The number of nitrogens with zero attached hydrogens (tertiary/aromatic N) is 1. The lowest BCUT2D eigenvalue weighted by atomic mass is 9.98. The van der Waals surface area contributed by atoms with Gasteiger partial charge in [0, 0.05) is 12.1 Å². The van der Waals surface area contributed by atoms with Gasteiger partial charge >= 0.3 is 0 Å². The largest absolute Gasteiger partial charge is 0.354 e. The highest BCUT2D eigenvalue weighted by Crippen LogP contribution is 2.24. The lowest BCUT2D eigenvalue weighted by molar-refractivity contribution is -0.124. The maximum atomic E-state index is 12.4. The number of benzene rings is 2. The molecule has 5 heteroatoms. The maximum absolute atomic E-state index is 12.4. The number of hydrogen-bond donors (Lipinski definition) is 2. The minimum atomic E-state index is -0.485. The standard InChI is InChI=1S/C19H17N3O2/c20-12-15-5-1-2-8-16(15)13-6-3-7-14(11-13)18(23)22-17-9-4-10-21-19(17)24/h1-3,5-8,11,17H,4,9-10H2,(H,21,24)(H,22,23). The van der Waals surface area contributed by atoms with Gasteiger partial charge in [0.15, 0.2) is 0 Å². The molecule has 1 atom stereocenters. The number of piperidine rings is 1. The molecule has 1 saturated heterocycles. The Kier molecular flexibility index (Phi) is 4.57. The third-order valence-electron chi connectivity index (χ3n) is 4.07. The van der Waals surface area contributed by atoms with Crippen molar-refractivity contribution in [3.05, 3.63) is 59.7 Å². The Bertz CT molecular complexity index is 823. The van der Waals surface area contributed by atoms with Crippen LogP contribution >= 0.6 is 0 Å². The highest BCUT2D eigenvalue weighted by Gasteiger charge is 2.24. The maximum Gasteiger partial charge on any atom is 0.251 e. The van der Waals surface area contributed by atoms with Gasteiger partial charge in [0.05, 0.1) is 11.6 Å². The third-order valence-corrected chi connectivity index (χ3v) is 4.07. The van der Waals surface area contributed by atoms with E-state index >= 15 is 0 Å². The van der Waals surface area contributed by atoms with Crippen molar-refractivity contribution in [2.75, 3.05) is 6.54 Å². The van der Waals surface area contributed by atoms with Crippen molar-refractivity contribution in [3.63, 3.8) is 0 Å². The highest BCUT2D eigenvalue weighted by atomic mass is 16.2. The average Bonchev–Trinajstić information content (AvgIpc) is 2.63. The molecule has 0 aromatic heterocycles. The highest BCUT2D eigenvalue weighted by molar-refractivity contribution is 5.98. The monoisotopic (exact) mass is 319 g/mol. The molecule has 2 N–H and O–H groups in total. The van der Waals surface area contributed by atoms with Crippen LogP contribution in [0.1, 0.15) is 28.8 Å². The number of nitriles is 1. The van der Waals surface area contributed by atoms with E-state index in [9.17, 15) is 14.9 Å². The molecule has 3 rings (SSSR count). The van der Waals surface area contributed by atoms with Crippen molar-refractivity contribution in [3.8, 4) is 17.2 Å². The fourth-order valence-electron chi connectivity index (χ4n) is 2.81. The number of nitrogens with one attached hydrogen (secondary N) is 2. The predicted octanol–water partition coefficient (Wildman–Crippen LogP) is 2.23. The van der Waals surface area contributed by atoms with Crippen molar-refractivity contribution >= 4 is 11.8 Å². The van der Waals surface area contributed by atoms with Crippen LogP contribution in [0.4, 0.5) is 0 Å². The Labute approximate surface area is 140 Å². The molecule has 1 aliphatic rings. The molecule has 0 aliphatic carbocycles. The molecule has 0 saturated carbocycles. The van der Waals surface area contributed by atoms with Crippen LogP contribution in [-0.4, -0.2) is 24.4 Å². The van der Waals surface area contributed by atoms with Crippen LogP contribution in [-0.2, 0) is 4.79 Å². The van der Waals surface area contributed by atoms with Crippen LogP contribution in [0.2, 0.25) is 0 Å². The number of rotatable bonds is 3. The molecule has 2 amide bonds. The van der Waals surface area contributed by atoms with Crippen LogP contribution in [0.3, 0.4) is 0 Å². The third kappa shape index (κ3) is 3.28. The number of carbonyl (C=O) groups excluding carboxylic acids is 2. The van der Waals surface area contributed by atoms with E-state index in [0.717, 1.165) is 17.5 Å². The zero-order valence-electron chi connectivity index (χ0n) is 13.1. The van der Waals surface area contributed by atoms with Gasteiger partial charge in [-0.1, -0.05) is 30.3 Å². The van der Waals surface area contributed by atoms with Crippen molar-refractivity contribution in [2.24, 2.45) is 0 Å². The van der Waals surface area contributed by atoms with Gasteiger partial charge in [-0.25, -0.2) is 0 Å². The van der Waals surface area contributed by atoms with Gasteiger partial charge in [-0.15, -0.1) is 0 Å². The second-order valence-electron chi connectivity index (χ2n) is 5.70. The fourth-order valence-corrected chi connectivity index (χ4v) is 2.81. The topological polar surface area (TPSA) is 82.0 Å². The Hall–Kier alpha value is -3.13. The van der Waals surface area contributed by atoms with Gasteiger partial charge in [0.25, 0.3) is 5.91 Å². The average molecular weight is 319 g/mol. The van der Waals surface area contributed by atoms with E-state index in [1.807, 2.05) is 18.2 Å². The van der Waals surface area contributed by atoms with Crippen molar-refractivity contribution < 1.29 is 9.59 Å². The molecule has 24 heavy (non-hydrogen) atoms. The molecule has 5 nitrogen and oxygen atoms in total. The zero-order chi connectivity index (χ0) is 16.9. The molecule has 1 unspecified atom stereocenters. The van der Waals surface area contributed by atoms with Crippen LogP contribution in [0.15, 0.2) is 48.5 Å². The molecule has 1 fully saturated rings. The van der Waals surface area contributed by atoms with E-state index < -0.39 is 6.04 Å². The van der Waals surface area contributed by atoms with Crippen LogP contribution < -0.4 is 10.6 Å². The van der Waals surface area contributed by atoms with Gasteiger partial charge in [-0.3, -0.25) is 9.59 Å². The minimum absolute atomic E-state index is 0.138. The quantitative estimate of drug-likeness (QED) is 0.910. The lowest BCUT2D eigenvalue weighted by Gasteiger charge is -2.22. The molecule has 0 radical (unpaired) electrons. The molecule has 2 aromatic carbocycles. The van der Waals surface area contributed by atoms with Crippen LogP contribution in [0.25, 0.3) is 11.1 Å². The normalized spacial score (nSPS) is 16.8. The van der Waals surface area contributed by atoms with Crippen LogP contribution in [0, 0.1) is 11.3 Å². The fraction of sp³-hybridized carbons (Fsp3) is 0.211. The van der Waals surface area contributed by atoms with E-state index in [-0.39, 0.29) is 11.8 Å². The zero-order valence-corrected chi connectivity index (χ0v) is 13.1. The summed E-state index contributed by atoms with van der Waals surface area (Å²) in [6.45, 7) is 0.658. The predicted molar refractivity (Wildman–Crippen MR) is 90.1 cm³/mol. The molecule has 0 bridgehead atoms. The van der Waals surface area contributed by atoms with Gasteiger partial charge < -0.3 is 10.6 Å². The summed E-state index contributed by atoms with van der Waals surface area (Å²) < 4.78 is 0. The summed E-state index contributed by atoms with van der Waals surface area (Å²) in [4.78, 5) is 24.2. The van der Waals surface area contributed by atoms with E-state index in [1.54, 1.807) is 30.3 Å². The molecule has 1 heterocycles. The molecule has 2 aromatic rings. The summed E-state index contributed by atoms with van der Waals surface area (Å²) in [5, 5.41) is 14.8. The molecule has 0 spiro atoms.